The summed E-state index contributed by atoms with van der Waals surface area (Å²) in [5.74, 6) is -0.209. The third-order valence-corrected chi connectivity index (χ3v) is 7.69. The van der Waals surface area contributed by atoms with Crippen LogP contribution in [0.1, 0.15) is 58.4 Å². The number of likely N-dealkylation sites (tertiary alicyclic amines) is 1. The first-order valence-corrected chi connectivity index (χ1v) is 11.9. The Kier molecular flexibility index (Phi) is 6.68. The van der Waals surface area contributed by atoms with E-state index >= 15 is 0 Å². The Morgan fingerprint density at radius 2 is 1.94 bits per heavy atom. The number of nitrogens with zero attached hydrogens (tertiary/aromatic N) is 1. The van der Waals surface area contributed by atoms with E-state index in [1.165, 1.54) is 12.1 Å². The number of carbonyl (C=O) groups excluding carboxylic acids is 1. The maximum Gasteiger partial charge on any atom is 0.416 e. The minimum atomic E-state index is -4.46. The molecule has 1 amide bonds. The lowest BCUT2D eigenvalue weighted by Crippen LogP contribution is -2.46. The summed E-state index contributed by atoms with van der Waals surface area (Å²) in [6.07, 6.45) is -0.652. The van der Waals surface area contributed by atoms with Crippen molar-refractivity contribution in [3.63, 3.8) is 0 Å². The summed E-state index contributed by atoms with van der Waals surface area (Å²) in [7, 11) is 0. The summed E-state index contributed by atoms with van der Waals surface area (Å²) >= 11 is 0. The highest BCUT2D eigenvalue weighted by Gasteiger charge is 2.53. The van der Waals surface area contributed by atoms with Crippen molar-refractivity contribution in [1.29, 1.82) is 0 Å². The number of ether oxygens (including phenoxy) is 3. The fourth-order valence-electron chi connectivity index (χ4n) is 5.35. The lowest BCUT2D eigenvalue weighted by Gasteiger charge is -2.39. The molecule has 3 heterocycles. The van der Waals surface area contributed by atoms with Crippen LogP contribution in [0.4, 0.5) is 13.2 Å². The molecule has 3 fully saturated rings. The fourth-order valence-corrected chi connectivity index (χ4v) is 5.35. The van der Waals surface area contributed by atoms with Crippen LogP contribution in [0.3, 0.4) is 0 Å². The molecule has 3 aliphatic rings. The van der Waals surface area contributed by atoms with Crippen molar-refractivity contribution in [3.05, 3.63) is 29.8 Å². The molecule has 0 unspecified atom stereocenters. The monoisotopic (exact) mass is 485 g/mol. The first kappa shape index (κ1) is 25.3. The van der Waals surface area contributed by atoms with E-state index in [1.807, 2.05) is 0 Å². The van der Waals surface area contributed by atoms with Crippen LogP contribution in [0.2, 0.25) is 0 Å². The van der Waals surface area contributed by atoms with E-state index in [-0.39, 0.29) is 35.9 Å². The van der Waals surface area contributed by atoms with Gasteiger partial charge in [0.05, 0.1) is 35.6 Å². The van der Waals surface area contributed by atoms with Gasteiger partial charge in [-0.1, -0.05) is 6.07 Å². The molecule has 6 nitrogen and oxygen atoms in total. The Hall–Kier alpha value is -1.84. The van der Waals surface area contributed by atoms with Gasteiger partial charge in [0, 0.05) is 13.1 Å². The molecule has 1 aromatic carbocycles. The predicted molar refractivity (Wildman–Crippen MR) is 118 cm³/mol. The number of rotatable bonds is 5. The Labute approximate surface area is 198 Å². The normalized spacial score (nSPS) is 29.6. The molecule has 3 atom stereocenters. The zero-order chi connectivity index (χ0) is 24.8. The Morgan fingerprint density at radius 1 is 1.24 bits per heavy atom. The average molecular weight is 486 g/mol. The maximum absolute atomic E-state index is 12.9. The molecule has 0 saturated carbocycles. The number of piperidine rings is 1. The van der Waals surface area contributed by atoms with Gasteiger partial charge in [-0.25, -0.2) is 0 Å². The first-order chi connectivity index (χ1) is 15.8. The maximum atomic E-state index is 12.9. The molecule has 9 heteroatoms. The van der Waals surface area contributed by atoms with Gasteiger partial charge in [-0.2, -0.15) is 13.2 Å². The highest BCUT2D eigenvalue weighted by Crippen LogP contribution is 2.49. The standard InChI is InChI=1S/C25H34F3NO5/c1-22(2,31)19-7-8-23(3,34-19)20-14-24(16-33-20)9-11-29(12-10-24)21(30)15-32-18-6-4-5-17(13-18)25(26,27)28/h4-6,13,19-20,31H,7-12,14-16H2,1-3H3/t19-,20-,23-/m1/s1. The second-order valence-corrected chi connectivity index (χ2v) is 10.8. The fraction of sp³-hybridized carbons (Fsp3) is 0.720. The molecule has 1 aromatic rings. The van der Waals surface area contributed by atoms with Gasteiger partial charge in [-0.05, 0) is 76.5 Å². The van der Waals surface area contributed by atoms with Crippen LogP contribution in [0.25, 0.3) is 0 Å². The van der Waals surface area contributed by atoms with E-state index in [0.29, 0.717) is 19.7 Å². The molecule has 0 aromatic heterocycles. The number of alkyl halides is 3. The van der Waals surface area contributed by atoms with Crippen LogP contribution < -0.4 is 4.74 Å². The minimum absolute atomic E-state index is 0.0114. The molecule has 1 spiro atoms. The lowest BCUT2D eigenvalue weighted by atomic mass is 9.74. The summed E-state index contributed by atoms with van der Waals surface area (Å²) in [4.78, 5) is 14.3. The third kappa shape index (κ3) is 5.36. The summed E-state index contributed by atoms with van der Waals surface area (Å²) < 4.78 is 56.4. The number of amides is 1. The first-order valence-electron chi connectivity index (χ1n) is 11.9. The van der Waals surface area contributed by atoms with E-state index in [0.717, 1.165) is 44.2 Å². The van der Waals surface area contributed by atoms with Crippen molar-refractivity contribution in [3.8, 4) is 5.75 Å². The van der Waals surface area contributed by atoms with Crippen LogP contribution in [0.15, 0.2) is 24.3 Å². The molecule has 4 rings (SSSR count). The third-order valence-electron chi connectivity index (χ3n) is 7.69. The SMILES string of the molecule is CC(C)(O)[C@H]1CC[C@](C)([C@H]2CC3(CCN(C(=O)COc4cccc(C(F)(F)F)c4)CC3)CO2)O1. The van der Waals surface area contributed by atoms with Crippen molar-refractivity contribution in [2.75, 3.05) is 26.3 Å². The van der Waals surface area contributed by atoms with Crippen LogP contribution >= 0.6 is 0 Å². The van der Waals surface area contributed by atoms with Gasteiger partial charge < -0.3 is 24.2 Å². The van der Waals surface area contributed by atoms with Crippen molar-refractivity contribution >= 4 is 5.91 Å². The summed E-state index contributed by atoms with van der Waals surface area (Å²) in [5, 5.41) is 10.3. The smallest absolute Gasteiger partial charge is 0.416 e. The van der Waals surface area contributed by atoms with Gasteiger partial charge in [0.2, 0.25) is 0 Å². The zero-order valence-corrected chi connectivity index (χ0v) is 20.0. The average Bonchev–Trinajstić information content (AvgIpc) is 3.38. The van der Waals surface area contributed by atoms with Gasteiger partial charge in [0.25, 0.3) is 5.91 Å². The number of carbonyl (C=O) groups is 1. The topological polar surface area (TPSA) is 68.2 Å². The second-order valence-electron chi connectivity index (χ2n) is 10.8. The number of aliphatic hydroxyl groups is 1. The molecule has 0 radical (unpaired) electrons. The van der Waals surface area contributed by atoms with Gasteiger partial charge in [-0.3, -0.25) is 4.79 Å². The lowest BCUT2D eigenvalue weighted by molar-refractivity contribution is -0.155. The highest BCUT2D eigenvalue weighted by molar-refractivity contribution is 5.77. The summed E-state index contributed by atoms with van der Waals surface area (Å²) in [5.41, 5.74) is -2.14. The van der Waals surface area contributed by atoms with Crippen molar-refractivity contribution in [1.82, 2.24) is 4.90 Å². The number of benzene rings is 1. The predicted octanol–water partition coefficient (Wildman–Crippen LogP) is 4.19. The molecular formula is C25H34F3NO5. The van der Waals surface area contributed by atoms with Crippen molar-refractivity contribution in [2.24, 2.45) is 5.41 Å². The second kappa shape index (κ2) is 8.99. The Morgan fingerprint density at radius 3 is 2.56 bits per heavy atom. The Bertz CT molecular complexity index is 891. The number of hydrogen-bond acceptors (Lipinski definition) is 5. The quantitative estimate of drug-likeness (QED) is 0.678. The largest absolute Gasteiger partial charge is 0.484 e. The van der Waals surface area contributed by atoms with Gasteiger partial charge in [0.15, 0.2) is 6.61 Å². The van der Waals surface area contributed by atoms with E-state index < -0.39 is 22.9 Å². The summed E-state index contributed by atoms with van der Waals surface area (Å²) in [6, 6.07) is 4.56. The number of hydrogen-bond donors (Lipinski definition) is 1. The number of halogens is 3. The van der Waals surface area contributed by atoms with E-state index in [2.05, 4.69) is 6.92 Å². The molecule has 3 saturated heterocycles. The van der Waals surface area contributed by atoms with E-state index in [1.54, 1.807) is 18.7 Å². The van der Waals surface area contributed by atoms with E-state index in [4.69, 9.17) is 14.2 Å². The molecule has 1 N–H and O–H groups in total. The summed E-state index contributed by atoms with van der Waals surface area (Å²) in [6.45, 7) is 7.04. The molecule has 0 bridgehead atoms. The van der Waals surface area contributed by atoms with Crippen LogP contribution in [-0.2, 0) is 20.4 Å². The van der Waals surface area contributed by atoms with E-state index in [9.17, 15) is 23.1 Å². The molecule has 0 aliphatic carbocycles. The van der Waals surface area contributed by atoms with Gasteiger partial charge >= 0.3 is 6.18 Å². The van der Waals surface area contributed by atoms with Gasteiger partial charge in [-0.15, -0.1) is 0 Å². The zero-order valence-electron chi connectivity index (χ0n) is 20.0. The van der Waals surface area contributed by atoms with Crippen LogP contribution in [0, 0.1) is 5.41 Å². The Balaban J connectivity index is 1.27. The molecule has 34 heavy (non-hydrogen) atoms. The molecule has 190 valence electrons. The van der Waals surface area contributed by atoms with Crippen LogP contribution in [-0.4, -0.2) is 65.6 Å². The highest BCUT2D eigenvalue weighted by atomic mass is 19.4. The minimum Gasteiger partial charge on any atom is -0.484 e. The van der Waals surface area contributed by atoms with Crippen molar-refractivity contribution in [2.45, 2.75) is 82.5 Å². The molecular weight excluding hydrogens is 451 g/mol. The van der Waals surface area contributed by atoms with Crippen LogP contribution in [0.5, 0.6) is 5.75 Å². The van der Waals surface area contributed by atoms with Crippen molar-refractivity contribution < 1.29 is 37.3 Å². The van der Waals surface area contributed by atoms with Gasteiger partial charge in [0.1, 0.15) is 5.75 Å². The molecule has 3 aliphatic heterocycles.